The summed E-state index contributed by atoms with van der Waals surface area (Å²) in [5, 5.41) is 3.31. The van der Waals surface area contributed by atoms with Crippen molar-refractivity contribution in [3.8, 4) is 0 Å². The highest BCUT2D eigenvalue weighted by Crippen LogP contribution is 2.22. The highest BCUT2D eigenvalue weighted by atomic mass is 16.4. The monoisotopic (exact) mass is 251 g/mol. The number of rotatable bonds is 7. The molecule has 0 fully saturated rings. The van der Waals surface area contributed by atoms with Gasteiger partial charge in [-0.3, -0.25) is 0 Å². The van der Waals surface area contributed by atoms with E-state index in [1.807, 2.05) is 6.08 Å². The fraction of sp³-hybridized carbons (Fsp3) is 0.643. The fourth-order valence-corrected chi connectivity index (χ4v) is 1.66. The van der Waals surface area contributed by atoms with Crippen LogP contribution in [-0.2, 0) is 6.54 Å². The first-order valence-electron chi connectivity index (χ1n) is 6.52. The average molecular weight is 251 g/mol. The lowest BCUT2D eigenvalue weighted by Gasteiger charge is -2.33. The second-order valence-electron chi connectivity index (χ2n) is 5.37. The average Bonchev–Trinajstić information content (AvgIpc) is 2.73. The van der Waals surface area contributed by atoms with Gasteiger partial charge in [-0.25, -0.2) is 0 Å². The second kappa shape index (κ2) is 6.59. The standard InChI is InChI=1S/C14H25N3O/c1-6-8-15-10-12-11-18-13(16-12)17(9-7-2)14(3,4)5/h7,11,15H,2,6,8-10H2,1,3-5H3. The molecular weight excluding hydrogens is 226 g/mol. The summed E-state index contributed by atoms with van der Waals surface area (Å²) in [5.74, 6) is 0. The second-order valence-corrected chi connectivity index (χ2v) is 5.37. The maximum absolute atomic E-state index is 5.56. The molecule has 0 aliphatic carbocycles. The Hall–Kier alpha value is -1.29. The summed E-state index contributed by atoms with van der Waals surface area (Å²) < 4.78 is 5.56. The van der Waals surface area contributed by atoms with Crippen molar-refractivity contribution in [1.29, 1.82) is 0 Å². The smallest absolute Gasteiger partial charge is 0.298 e. The zero-order valence-corrected chi connectivity index (χ0v) is 12.0. The molecule has 1 aromatic rings. The summed E-state index contributed by atoms with van der Waals surface area (Å²) in [6.07, 6.45) is 4.71. The molecule has 0 aliphatic rings. The van der Waals surface area contributed by atoms with Gasteiger partial charge in [0.25, 0.3) is 6.01 Å². The Kier molecular flexibility index (Phi) is 5.41. The fourth-order valence-electron chi connectivity index (χ4n) is 1.66. The Bertz CT molecular complexity index is 365. The molecule has 0 spiro atoms. The van der Waals surface area contributed by atoms with Crippen LogP contribution >= 0.6 is 0 Å². The summed E-state index contributed by atoms with van der Waals surface area (Å²) >= 11 is 0. The van der Waals surface area contributed by atoms with Gasteiger partial charge in [0, 0.05) is 18.6 Å². The van der Waals surface area contributed by atoms with Crippen LogP contribution in [0.25, 0.3) is 0 Å². The molecular formula is C14H25N3O. The number of nitrogens with one attached hydrogen (secondary N) is 1. The van der Waals surface area contributed by atoms with Crippen molar-refractivity contribution in [2.75, 3.05) is 18.0 Å². The van der Waals surface area contributed by atoms with E-state index in [2.05, 4.69) is 49.5 Å². The molecule has 18 heavy (non-hydrogen) atoms. The highest BCUT2D eigenvalue weighted by Gasteiger charge is 2.24. The van der Waals surface area contributed by atoms with Gasteiger partial charge in [0.1, 0.15) is 6.26 Å². The molecule has 0 bridgehead atoms. The van der Waals surface area contributed by atoms with Gasteiger partial charge in [-0.2, -0.15) is 4.98 Å². The van der Waals surface area contributed by atoms with E-state index >= 15 is 0 Å². The highest BCUT2D eigenvalue weighted by molar-refractivity contribution is 5.32. The van der Waals surface area contributed by atoms with Gasteiger partial charge in [-0.05, 0) is 33.7 Å². The van der Waals surface area contributed by atoms with Crippen molar-refractivity contribution in [2.24, 2.45) is 0 Å². The van der Waals surface area contributed by atoms with Crippen LogP contribution in [0.3, 0.4) is 0 Å². The van der Waals surface area contributed by atoms with Crippen LogP contribution in [0.2, 0.25) is 0 Å². The molecule has 0 aromatic carbocycles. The van der Waals surface area contributed by atoms with Crippen LogP contribution < -0.4 is 10.2 Å². The molecule has 0 aliphatic heterocycles. The molecule has 0 atom stereocenters. The van der Waals surface area contributed by atoms with Gasteiger partial charge in [0.15, 0.2) is 0 Å². The first kappa shape index (κ1) is 14.8. The predicted octanol–water partition coefficient (Wildman–Crippen LogP) is 2.97. The third kappa shape index (κ3) is 4.18. The van der Waals surface area contributed by atoms with E-state index in [1.54, 1.807) is 6.26 Å². The molecule has 0 saturated carbocycles. The summed E-state index contributed by atoms with van der Waals surface area (Å²) in [6, 6.07) is 0.663. The van der Waals surface area contributed by atoms with Crippen LogP contribution in [0.5, 0.6) is 0 Å². The third-order valence-electron chi connectivity index (χ3n) is 2.62. The Balaban J connectivity index is 2.72. The van der Waals surface area contributed by atoms with Crippen LogP contribution in [0.15, 0.2) is 23.3 Å². The Labute approximate surface area is 110 Å². The maximum Gasteiger partial charge on any atom is 0.298 e. The van der Waals surface area contributed by atoms with E-state index in [4.69, 9.17) is 4.42 Å². The molecule has 4 nitrogen and oxygen atoms in total. The lowest BCUT2D eigenvalue weighted by molar-refractivity contribution is 0.451. The van der Waals surface area contributed by atoms with E-state index in [0.29, 0.717) is 6.01 Å². The maximum atomic E-state index is 5.56. The van der Waals surface area contributed by atoms with Gasteiger partial charge in [0.05, 0.1) is 5.69 Å². The first-order chi connectivity index (χ1) is 8.49. The largest absolute Gasteiger partial charge is 0.432 e. The van der Waals surface area contributed by atoms with Crippen LogP contribution in [0, 0.1) is 0 Å². The van der Waals surface area contributed by atoms with Gasteiger partial charge < -0.3 is 14.6 Å². The molecule has 1 N–H and O–H groups in total. The molecule has 1 aromatic heterocycles. The lowest BCUT2D eigenvalue weighted by Crippen LogP contribution is -2.41. The molecule has 0 unspecified atom stereocenters. The zero-order valence-electron chi connectivity index (χ0n) is 12.0. The molecule has 0 amide bonds. The Morgan fingerprint density at radius 3 is 2.78 bits per heavy atom. The summed E-state index contributed by atoms with van der Waals surface area (Å²) in [4.78, 5) is 6.62. The lowest BCUT2D eigenvalue weighted by atomic mass is 10.1. The van der Waals surface area contributed by atoms with E-state index in [1.165, 1.54) is 0 Å². The van der Waals surface area contributed by atoms with Gasteiger partial charge in [0.2, 0.25) is 0 Å². The molecule has 1 rings (SSSR count). The number of hydrogen-bond acceptors (Lipinski definition) is 4. The van der Waals surface area contributed by atoms with E-state index in [0.717, 1.165) is 31.7 Å². The van der Waals surface area contributed by atoms with Crippen molar-refractivity contribution in [2.45, 2.75) is 46.2 Å². The van der Waals surface area contributed by atoms with Crippen LogP contribution in [0.1, 0.15) is 39.8 Å². The number of anilines is 1. The zero-order chi connectivity index (χ0) is 13.6. The molecule has 0 saturated heterocycles. The third-order valence-corrected chi connectivity index (χ3v) is 2.62. The first-order valence-corrected chi connectivity index (χ1v) is 6.52. The quantitative estimate of drug-likeness (QED) is 0.597. The summed E-state index contributed by atoms with van der Waals surface area (Å²) in [5.41, 5.74) is 0.907. The topological polar surface area (TPSA) is 41.3 Å². The van der Waals surface area contributed by atoms with Crippen LogP contribution in [-0.4, -0.2) is 23.6 Å². The SMILES string of the molecule is C=CCN(c1nc(CNCCC)co1)C(C)(C)C. The number of oxazole rings is 1. The molecule has 1 heterocycles. The minimum Gasteiger partial charge on any atom is -0.432 e. The van der Waals surface area contributed by atoms with Crippen molar-refractivity contribution in [1.82, 2.24) is 10.3 Å². The van der Waals surface area contributed by atoms with E-state index in [-0.39, 0.29) is 5.54 Å². The molecule has 4 heteroatoms. The van der Waals surface area contributed by atoms with Crippen molar-refractivity contribution in [3.05, 3.63) is 24.6 Å². The predicted molar refractivity (Wildman–Crippen MR) is 75.8 cm³/mol. The Morgan fingerprint density at radius 2 is 2.22 bits per heavy atom. The van der Waals surface area contributed by atoms with Gasteiger partial charge >= 0.3 is 0 Å². The normalized spacial score (nSPS) is 11.6. The molecule has 102 valence electrons. The van der Waals surface area contributed by atoms with Gasteiger partial charge in [-0.15, -0.1) is 6.58 Å². The Morgan fingerprint density at radius 1 is 1.50 bits per heavy atom. The van der Waals surface area contributed by atoms with Crippen LogP contribution in [0.4, 0.5) is 6.01 Å². The number of hydrogen-bond donors (Lipinski definition) is 1. The number of aromatic nitrogens is 1. The summed E-state index contributed by atoms with van der Waals surface area (Å²) in [7, 11) is 0. The minimum absolute atomic E-state index is 0.0346. The van der Waals surface area contributed by atoms with Crippen molar-refractivity contribution in [3.63, 3.8) is 0 Å². The van der Waals surface area contributed by atoms with Crippen molar-refractivity contribution < 1.29 is 4.42 Å². The van der Waals surface area contributed by atoms with Crippen molar-refractivity contribution >= 4 is 6.01 Å². The van der Waals surface area contributed by atoms with E-state index < -0.39 is 0 Å². The van der Waals surface area contributed by atoms with E-state index in [9.17, 15) is 0 Å². The number of nitrogens with zero attached hydrogens (tertiary/aromatic N) is 2. The van der Waals surface area contributed by atoms with Gasteiger partial charge in [-0.1, -0.05) is 13.0 Å². The molecule has 0 radical (unpaired) electrons. The summed E-state index contributed by atoms with van der Waals surface area (Å²) in [6.45, 7) is 14.8. The minimum atomic E-state index is -0.0346.